The summed E-state index contributed by atoms with van der Waals surface area (Å²) in [6.45, 7) is 22.3. The van der Waals surface area contributed by atoms with Gasteiger partial charge in [0.05, 0.1) is 19.6 Å². The van der Waals surface area contributed by atoms with Gasteiger partial charge in [0.25, 0.3) is 0 Å². The summed E-state index contributed by atoms with van der Waals surface area (Å²) in [4.78, 5) is 60.0. The number of benzene rings is 1. The molecule has 0 amide bonds. The standard InChI is InChI=1S/C36H60N4O8/c1-28(33(44)45-27-29-14-12-11-13-15-29)40-22-20-38(25-31(42)47-35(5,6)7)18-16-37(24-30(41)46-34(2,3)4)17-19-39(21-23-40)26-32(43)48-36(8,9)10/h11-15,28H,16-27H2,1-10H3. The van der Waals surface area contributed by atoms with Crippen LogP contribution >= 0.6 is 0 Å². The minimum atomic E-state index is -0.632. The number of carbonyl (C=O) groups excluding carboxylic acids is 4. The van der Waals surface area contributed by atoms with Gasteiger partial charge in [0.15, 0.2) is 0 Å². The maximum absolute atomic E-state index is 13.3. The van der Waals surface area contributed by atoms with Crippen LogP contribution in [0.15, 0.2) is 30.3 Å². The summed E-state index contributed by atoms with van der Waals surface area (Å²) in [5, 5.41) is 0. The van der Waals surface area contributed by atoms with Crippen LogP contribution < -0.4 is 0 Å². The molecule has 1 atom stereocenters. The molecular weight excluding hydrogens is 616 g/mol. The number of hydrogen-bond donors (Lipinski definition) is 0. The van der Waals surface area contributed by atoms with Crippen LogP contribution in [0.3, 0.4) is 0 Å². The number of nitrogens with zero attached hydrogens (tertiary/aromatic N) is 4. The number of rotatable bonds is 10. The first-order valence-electron chi connectivity index (χ1n) is 17.0. The Balaban J connectivity index is 2.31. The van der Waals surface area contributed by atoms with Crippen molar-refractivity contribution in [2.45, 2.75) is 98.7 Å². The third-order valence-electron chi connectivity index (χ3n) is 7.30. The molecule has 0 N–H and O–H groups in total. The van der Waals surface area contributed by atoms with E-state index in [0.29, 0.717) is 52.4 Å². The Labute approximate surface area is 288 Å². The Morgan fingerprint density at radius 1 is 0.583 bits per heavy atom. The summed E-state index contributed by atoms with van der Waals surface area (Å²) in [7, 11) is 0. The third kappa shape index (κ3) is 17.9. The lowest BCUT2D eigenvalue weighted by Crippen LogP contribution is -2.52. The zero-order valence-electron chi connectivity index (χ0n) is 31.0. The molecule has 0 spiro atoms. The summed E-state index contributed by atoms with van der Waals surface area (Å²) in [6.07, 6.45) is 0. The molecule has 0 radical (unpaired) electrons. The van der Waals surface area contributed by atoms with Crippen LogP contribution in [0.25, 0.3) is 0 Å². The van der Waals surface area contributed by atoms with Crippen molar-refractivity contribution in [3.05, 3.63) is 35.9 Å². The van der Waals surface area contributed by atoms with Gasteiger partial charge >= 0.3 is 23.9 Å². The van der Waals surface area contributed by atoms with Gasteiger partial charge in [-0.3, -0.25) is 38.8 Å². The monoisotopic (exact) mass is 676 g/mol. The minimum absolute atomic E-state index is 0.0585. The number of ether oxygens (including phenoxy) is 4. The molecule has 1 aliphatic rings. The topological polar surface area (TPSA) is 118 Å². The molecule has 1 heterocycles. The Morgan fingerprint density at radius 3 is 1.25 bits per heavy atom. The predicted octanol–water partition coefficient (Wildman–Crippen LogP) is 3.37. The second-order valence-electron chi connectivity index (χ2n) is 15.4. The molecular formula is C36H60N4O8. The van der Waals surface area contributed by atoms with Crippen LogP contribution in [0.1, 0.15) is 74.8 Å². The van der Waals surface area contributed by atoms with Crippen molar-refractivity contribution in [2.24, 2.45) is 0 Å². The quantitative estimate of drug-likeness (QED) is 0.267. The average Bonchev–Trinajstić information content (AvgIpc) is 2.93. The van der Waals surface area contributed by atoms with E-state index in [0.717, 1.165) is 5.56 Å². The SMILES string of the molecule is CC(C(=O)OCc1ccccc1)N1CCN(CC(=O)OC(C)(C)C)CCN(CC(=O)OC(C)(C)C)CCN(CC(=O)OC(C)(C)C)CC1. The Bertz CT molecular complexity index is 1130. The first-order chi connectivity index (χ1) is 22.2. The highest BCUT2D eigenvalue weighted by Gasteiger charge is 2.28. The van der Waals surface area contributed by atoms with E-state index in [4.69, 9.17) is 18.9 Å². The molecule has 0 saturated carbocycles. The molecule has 0 aliphatic carbocycles. The molecule has 0 aromatic heterocycles. The smallest absolute Gasteiger partial charge is 0.323 e. The summed E-state index contributed by atoms with van der Waals surface area (Å²) >= 11 is 0. The Kier molecular flexibility index (Phi) is 16.0. The van der Waals surface area contributed by atoms with Gasteiger partial charge < -0.3 is 18.9 Å². The van der Waals surface area contributed by atoms with Crippen LogP contribution in [-0.4, -0.2) is 138 Å². The highest BCUT2D eigenvalue weighted by Crippen LogP contribution is 2.13. The average molecular weight is 677 g/mol. The molecule has 48 heavy (non-hydrogen) atoms. The maximum atomic E-state index is 13.3. The summed E-state index contributed by atoms with van der Waals surface area (Å²) in [6, 6.07) is 8.94. The third-order valence-corrected chi connectivity index (χ3v) is 7.30. The molecule has 1 aromatic carbocycles. The van der Waals surface area contributed by atoms with Crippen molar-refractivity contribution < 1.29 is 38.1 Å². The molecule has 1 saturated heterocycles. The second-order valence-corrected chi connectivity index (χ2v) is 15.4. The predicted molar refractivity (Wildman–Crippen MR) is 184 cm³/mol. The highest BCUT2D eigenvalue weighted by atomic mass is 16.6. The van der Waals surface area contributed by atoms with Crippen LogP contribution in [0, 0.1) is 0 Å². The summed E-state index contributed by atoms with van der Waals surface area (Å²) < 4.78 is 22.5. The van der Waals surface area contributed by atoms with E-state index in [9.17, 15) is 19.2 Å². The molecule has 12 nitrogen and oxygen atoms in total. The van der Waals surface area contributed by atoms with Crippen molar-refractivity contribution >= 4 is 23.9 Å². The van der Waals surface area contributed by atoms with Crippen molar-refractivity contribution in [1.29, 1.82) is 0 Å². The zero-order chi connectivity index (χ0) is 36.1. The van der Waals surface area contributed by atoms with Gasteiger partial charge in [-0.25, -0.2) is 0 Å². The molecule has 1 aliphatic heterocycles. The van der Waals surface area contributed by atoms with Gasteiger partial charge in [-0.15, -0.1) is 0 Å². The van der Waals surface area contributed by atoms with Crippen molar-refractivity contribution in [2.75, 3.05) is 72.0 Å². The summed E-state index contributed by atoms with van der Waals surface area (Å²) in [5.41, 5.74) is -0.993. The van der Waals surface area contributed by atoms with E-state index in [2.05, 4.69) is 0 Å². The van der Waals surface area contributed by atoms with Crippen LogP contribution in [0.4, 0.5) is 0 Å². The van der Waals surface area contributed by atoms with E-state index < -0.39 is 22.8 Å². The van der Waals surface area contributed by atoms with Crippen molar-refractivity contribution in [3.8, 4) is 0 Å². The maximum Gasteiger partial charge on any atom is 0.323 e. The number of hydrogen-bond acceptors (Lipinski definition) is 12. The minimum Gasteiger partial charge on any atom is -0.460 e. The molecule has 2 rings (SSSR count). The van der Waals surface area contributed by atoms with E-state index >= 15 is 0 Å². The molecule has 1 aromatic rings. The number of esters is 4. The van der Waals surface area contributed by atoms with Gasteiger partial charge in [0.1, 0.15) is 29.5 Å². The lowest BCUT2D eigenvalue weighted by atomic mass is 10.2. The Hall–Kier alpha value is -3.06. The largest absolute Gasteiger partial charge is 0.460 e. The lowest BCUT2D eigenvalue weighted by Gasteiger charge is -2.35. The highest BCUT2D eigenvalue weighted by molar-refractivity contribution is 5.75. The Morgan fingerprint density at radius 2 is 0.917 bits per heavy atom. The van der Waals surface area contributed by atoms with E-state index in [1.807, 2.05) is 119 Å². The van der Waals surface area contributed by atoms with Gasteiger partial charge in [-0.1, -0.05) is 30.3 Å². The van der Waals surface area contributed by atoms with E-state index in [1.54, 1.807) is 0 Å². The van der Waals surface area contributed by atoms with Gasteiger partial charge in [0, 0.05) is 52.4 Å². The summed E-state index contributed by atoms with van der Waals surface area (Å²) in [5.74, 6) is -1.40. The molecule has 1 unspecified atom stereocenters. The fourth-order valence-corrected chi connectivity index (χ4v) is 5.08. The van der Waals surface area contributed by atoms with Crippen LogP contribution in [0.5, 0.6) is 0 Å². The first-order valence-corrected chi connectivity index (χ1v) is 17.0. The van der Waals surface area contributed by atoms with Crippen molar-refractivity contribution in [1.82, 2.24) is 19.6 Å². The molecule has 0 bridgehead atoms. The van der Waals surface area contributed by atoms with Gasteiger partial charge in [-0.05, 0) is 74.8 Å². The fourth-order valence-electron chi connectivity index (χ4n) is 5.08. The molecule has 272 valence electrons. The van der Waals surface area contributed by atoms with Crippen molar-refractivity contribution in [3.63, 3.8) is 0 Å². The second kappa shape index (κ2) is 18.6. The van der Waals surface area contributed by atoms with Gasteiger partial charge in [-0.2, -0.15) is 0 Å². The lowest BCUT2D eigenvalue weighted by molar-refractivity contribution is -0.159. The van der Waals surface area contributed by atoms with Crippen LogP contribution in [0.2, 0.25) is 0 Å². The van der Waals surface area contributed by atoms with E-state index in [1.165, 1.54) is 0 Å². The molecule has 1 fully saturated rings. The van der Waals surface area contributed by atoms with Crippen LogP contribution in [-0.2, 0) is 44.7 Å². The number of carbonyl (C=O) groups is 4. The first kappa shape index (κ1) is 41.1. The van der Waals surface area contributed by atoms with Gasteiger partial charge in [0.2, 0.25) is 0 Å². The normalized spacial score (nSPS) is 17.8. The fraction of sp³-hybridized carbons (Fsp3) is 0.722. The molecule has 12 heteroatoms. The van der Waals surface area contributed by atoms with E-state index in [-0.39, 0.29) is 50.1 Å². The zero-order valence-corrected chi connectivity index (χ0v) is 31.0.